The molecule has 0 aliphatic carbocycles. The van der Waals surface area contributed by atoms with E-state index >= 15 is 0 Å². The van der Waals surface area contributed by atoms with Crippen LogP contribution in [0.3, 0.4) is 0 Å². The molecule has 0 amide bonds. The van der Waals surface area contributed by atoms with E-state index in [2.05, 4.69) is 5.10 Å². The van der Waals surface area contributed by atoms with E-state index in [0.717, 1.165) is 4.41 Å². The van der Waals surface area contributed by atoms with Crippen LogP contribution >= 0.6 is 11.6 Å². The molecule has 0 spiro atoms. The molecule has 23 heavy (non-hydrogen) atoms. The highest BCUT2D eigenvalue weighted by Crippen LogP contribution is 2.29. The summed E-state index contributed by atoms with van der Waals surface area (Å²) in [6.07, 6.45) is 0.234. The van der Waals surface area contributed by atoms with Crippen LogP contribution in [-0.4, -0.2) is 44.5 Å². The van der Waals surface area contributed by atoms with Crippen molar-refractivity contribution in [2.24, 2.45) is 5.10 Å². The maximum atomic E-state index is 13.0. The third-order valence-corrected chi connectivity index (χ3v) is 7.35. The van der Waals surface area contributed by atoms with Gasteiger partial charge in [0, 0.05) is 10.7 Å². The fourth-order valence-electron chi connectivity index (χ4n) is 2.43. The molecule has 9 heteroatoms. The summed E-state index contributed by atoms with van der Waals surface area (Å²) in [5.41, 5.74) is 1.06. The number of hydrogen-bond acceptors (Lipinski definition) is 5. The molecule has 1 aliphatic rings. The van der Waals surface area contributed by atoms with Crippen molar-refractivity contribution >= 4 is 37.2 Å². The van der Waals surface area contributed by atoms with Crippen LogP contribution in [0, 0.1) is 6.92 Å². The van der Waals surface area contributed by atoms with Gasteiger partial charge in [-0.3, -0.25) is 0 Å². The van der Waals surface area contributed by atoms with E-state index in [-0.39, 0.29) is 22.8 Å². The summed E-state index contributed by atoms with van der Waals surface area (Å²) < 4.78 is 50.4. The third kappa shape index (κ3) is 4.05. The van der Waals surface area contributed by atoms with Crippen LogP contribution in [0.1, 0.15) is 25.8 Å². The van der Waals surface area contributed by atoms with Crippen LogP contribution in [-0.2, 0) is 19.9 Å². The summed E-state index contributed by atoms with van der Waals surface area (Å²) in [4.78, 5) is 0.0410. The van der Waals surface area contributed by atoms with Gasteiger partial charge in [-0.15, -0.1) is 0 Å². The smallest absolute Gasteiger partial charge is 0.229 e. The first-order chi connectivity index (χ1) is 10.5. The zero-order valence-electron chi connectivity index (χ0n) is 13.2. The summed E-state index contributed by atoms with van der Waals surface area (Å²) >= 11 is 5.92. The van der Waals surface area contributed by atoms with Crippen LogP contribution in [0.5, 0.6) is 0 Å². The van der Waals surface area contributed by atoms with E-state index in [4.69, 9.17) is 11.6 Å². The van der Waals surface area contributed by atoms with Gasteiger partial charge in [0.1, 0.15) is 0 Å². The molecule has 0 aromatic heterocycles. The molecule has 0 saturated carbocycles. The van der Waals surface area contributed by atoms with E-state index in [9.17, 15) is 16.8 Å². The number of sulfone groups is 1. The molecule has 0 N–H and O–H groups in total. The molecule has 1 atom stereocenters. The second kappa shape index (κ2) is 6.41. The maximum absolute atomic E-state index is 13.0. The third-order valence-electron chi connectivity index (χ3n) is 3.49. The van der Waals surface area contributed by atoms with Crippen molar-refractivity contribution in [3.63, 3.8) is 0 Å². The van der Waals surface area contributed by atoms with Crippen LogP contribution in [0.2, 0.25) is 5.02 Å². The lowest BCUT2D eigenvalue weighted by Gasteiger charge is -2.25. The minimum Gasteiger partial charge on any atom is -0.229 e. The van der Waals surface area contributed by atoms with Gasteiger partial charge in [0.15, 0.2) is 9.84 Å². The van der Waals surface area contributed by atoms with Crippen molar-refractivity contribution in [3.05, 3.63) is 28.8 Å². The second-order valence-electron chi connectivity index (χ2n) is 5.79. The van der Waals surface area contributed by atoms with Crippen molar-refractivity contribution in [1.82, 2.24) is 4.41 Å². The number of hydrazone groups is 1. The molecule has 1 aliphatic heterocycles. The highest BCUT2D eigenvalue weighted by atomic mass is 35.5. The number of rotatable bonds is 4. The van der Waals surface area contributed by atoms with Gasteiger partial charge in [0.05, 0.1) is 22.4 Å². The Hall–Kier alpha value is -1.12. The van der Waals surface area contributed by atoms with Crippen LogP contribution < -0.4 is 0 Å². The van der Waals surface area contributed by atoms with Crippen LogP contribution in [0.25, 0.3) is 0 Å². The average Bonchev–Trinajstić information content (AvgIpc) is 2.78. The van der Waals surface area contributed by atoms with Gasteiger partial charge in [-0.05, 0) is 44.9 Å². The van der Waals surface area contributed by atoms with Gasteiger partial charge in [-0.2, -0.15) is 17.9 Å². The fourth-order valence-corrected chi connectivity index (χ4v) is 6.25. The zero-order valence-corrected chi connectivity index (χ0v) is 15.5. The minimum absolute atomic E-state index is 0.0313. The van der Waals surface area contributed by atoms with Crippen molar-refractivity contribution in [2.75, 3.05) is 11.5 Å². The van der Waals surface area contributed by atoms with Gasteiger partial charge in [-0.1, -0.05) is 17.7 Å². The molecule has 1 saturated heterocycles. The first-order valence-corrected chi connectivity index (χ1v) is 10.7. The van der Waals surface area contributed by atoms with Gasteiger partial charge in [-0.25, -0.2) is 8.42 Å². The lowest BCUT2D eigenvalue weighted by atomic mass is 10.2. The van der Waals surface area contributed by atoms with E-state index in [1.54, 1.807) is 32.9 Å². The summed E-state index contributed by atoms with van der Waals surface area (Å²) in [6.45, 7) is 4.99. The van der Waals surface area contributed by atoms with Crippen molar-refractivity contribution in [3.8, 4) is 0 Å². The van der Waals surface area contributed by atoms with Gasteiger partial charge in [0.25, 0.3) is 10.0 Å². The molecule has 1 aromatic rings. The van der Waals surface area contributed by atoms with Gasteiger partial charge in [0.2, 0.25) is 0 Å². The molecular weight excluding hydrogens is 360 g/mol. The first kappa shape index (κ1) is 18.2. The van der Waals surface area contributed by atoms with Gasteiger partial charge >= 0.3 is 0 Å². The zero-order chi connectivity index (χ0) is 17.4. The molecular formula is C14H19ClN2O4S2. The fraction of sp³-hybridized carbons (Fsp3) is 0.500. The van der Waals surface area contributed by atoms with Crippen molar-refractivity contribution in [2.45, 2.75) is 38.1 Å². The number of sulfonamides is 1. The molecule has 0 bridgehead atoms. The van der Waals surface area contributed by atoms with Crippen LogP contribution in [0.4, 0.5) is 0 Å². The topological polar surface area (TPSA) is 83.9 Å². The predicted molar refractivity (Wildman–Crippen MR) is 91.1 cm³/mol. The molecule has 6 nitrogen and oxygen atoms in total. The Balaban J connectivity index is 2.54. The lowest BCUT2D eigenvalue weighted by Crippen LogP contribution is -2.38. The average molecular weight is 379 g/mol. The predicted octanol–water partition coefficient (Wildman–Crippen LogP) is 2.22. The second-order valence-corrected chi connectivity index (χ2v) is 10.2. The summed E-state index contributed by atoms with van der Waals surface area (Å²) in [5, 5.41) is 4.39. The standard InChI is InChI=1S/C14H19ClN2O4S2/c1-10(2)16-17(13-6-7-22(18,19)9-13)23(20,21)14-8-12(15)5-4-11(14)3/h4-5,8,13H,6-7,9H2,1-3H3/t13-/m1/s1. The molecule has 2 rings (SSSR count). The molecule has 1 aromatic carbocycles. The van der Waals surface area contributed by atoms with E-state index in [0.29, 0.717) is 16.3 Å². The van der Waals surface area contributed by atoms with E-state index < -0.39 is 25.9 Å². The molecule has 1 heterocycles. The lowest BCUT2D eigenvalue weighted by molar-refractivity contribution is 0.354. The molecule has 128 valence electrons. The van der Waals surface area contributed by atoms with E-state index in [1.807, 2.05) is 0 Å². The first-order valence-electron chi connectivity index (χ1n) is 7.06. The van der Waals surface area contributed by atoms with E-state index in [1.165, 1.54) is 6.07 Å². The Morgan fingerprint density at radius 1 is 1.35 bits per heavy atom. The number of halogens is 1. The molecule has 0 radical (unpaired) electrons. The number of hydrogen-bond donors (Lipinski definition) is 0. The maximum Gasteiger partial charge on any atom is 0.279 e. The normalized spacial score (nSPS) is 20.3. The van der Waals surface area contributed by atoms with Crippen molar-refractivity contribution in [1.29, 1.82) is 0 Å². The highest BCUT2D eigenvalue weighted by molar-refractivity contribution is 7.92. The Labute approximate surface area is 142 Å². The summed E-state index contributed by atoms with van der Waals surface area (Å²) in [5.74, 6) is -0.251. The number of aryl methyl sites for hydroxylation is 1. The Kier molecular flexibility index (Phi) is 5.08. The largest absolute Gasteiger partial charge is 0.279 e. The Bertz CT molecular complexity index is 844. The Morgan fingerprint density at radius 3 is 2.52 bits per heavy atom. The van der Waals surface area contributed by atoms with Crippen LogP contribution in [0.15, 0.2) is 28.2 Å². The monoisotopic (exact) mass is 378 g/mol. The van der Waals surface area contributed by atoms with Crippen molar-refractivity contribution < 1.29 is 16.8 Å². The minimum atomic E-state index is -3.99. The SMILES string of the molecule is CC(C)=NN([C@@H]1CCS(=O)(=O)C1)S(=O)(=O)c1cc(Cl)ccc1C. The highest BCUT2D eigenvalue weighted by Gasteiger charge is 2.39. The number of benzene rings is 1. The summed E-state index contributed by atoms with van der Waals surface area (Å²) in [6, 6.07) is 3.89. The number of nitrogens with zero attached hydrogens (tertiary/aromatic N) is 2. The van der Waals surface area contributed by atoms with Gasteiger partial charge < -0.3 is 0 Å². The Morgan fingerprint density at radius 2 is 2.00 bits per heavy atom. The quantitative estimate of drug-likeness (QED) is 0.594. The summed E-state index contributed by atoms with van der Waals surface area (Å²) in [7, 11) is -7.22. The molecule has 1 fully saturated rings. The molecule has 0 unspecified atom stereocenters.